The molecular weight excluding hydrogens is 464 g/mol. The number of rotatable bonds is 8. The molecule has 1 aliphatic rings. The average Bonchev–Trinajstić information content (AvgIpc) is 3.21. The predicted molar refractivity (Wildman–Crippen MR) is 119 cm³/mol. The number of amides is 2. The summed E-state index contributed by atoms with van der Waals surface area (Å²) in [5.74, 6) is -1.78. The minimum atomic E-state index is -1.91. The molecular formula is C21H31BrN6O3. The lowest BCUT2D eigenvalue weighted by Crippen LogP contribution is -2.63. The summed E-state index contributed by atoms with van der Waals surface area (Å²) in [6.07, 6.45) is 0.833. The Labute approximate surface area is 191 Å². The van der Waals surface area contributed by atoms with E-state index in [4.69, 9.17) is 5.73 Å². The lowest BCUT2D eigenvalue weighted by molar-refractivity contribution is -0.127. The van der Waals surface area contributed by atoms with Crippen molar-refractivity contribution in [3.8, 4) is 6.07 Å². The Kier molecular flexibility index (Phi) is 7.66. The van der Waals surface area contributed by atoms with Gasteiger partial charge in [-0.1, -0.05) is 20.8 Å². The lowest BCUT2D eigenvalue weighted by Gasteiger charge is -2.34. The van der Waals surface area contributed by atoms with Gasteiger partial charge < -0.3 is 16.4 Å². The Balaban J connectivity index is 2.38. The highest BCUT2D eigenvalue weighted by Crippen LogP contribution is 2.32. The van der Waals surface area contributed by atoms with Gasteiger partial charge in [-0.05, 0) is 54.5 Å². The van der Waals surface area contributed by atoms with Crippen LogP contribution in [0.25, 0.3) is 0 Å². The Morgan fingerprint density at radius 1 is 1.45 bits per heavy atom. The minimum absolute atomic E-state index is 0.0626. The first kappa shape index (κ1) is 25.0. The SMILES string of the molecule is CCn1nc(C)c(Br)c1C(=O)[C@](N)(CC(C)(C)C)C(=O)N[C@H](C#N)C[C@@H]1CCNC1=O. The molecule has 0 saturated carbocycles. The van der Waals surface area contributed by atoms with Gasteiger partial charge in [0.15, 0.2) is 5.54 Å². The van der Waals surface area contributed by atoms with Gasteiger partial charge in [-0.3, -0.25) is 19.1 Å². The fourth-order valence-corrected chi connectivity index (χ4v) is 4.37. The number of Topliss-reactive ketones (excluding diaryl/α,β-unsaturated/α-hetero) is 1. The first-order chi connectivity index (χ1) is 14.3. The van der Waals surface area contributed by atoms with Gasteiger partial charge in [0.1, 0.15) is 11.7 Å². The van der Waals surface area contributed by atoms with Crippen LogP contribution >= 0.6 is 15.9 Å². The highest BCUT2D eigenvalue weighted by atomic mass is 79.9. The van der Waals surface area contributed by atoms with E-state index in [-0.39, 0.29) is 30.4 Å². The minimum Gasteiger partial charge on any atom is -0.356 e. The molecule has 1 saturated heterocycles. The summed E-state index contributed by atoms with van der Waals surface area (Å²) in [6, 6.07) is 1.09. The largest absolute Gasteiger partial charge is 0.356 e. The molecule has 0 bridgehead atoms. The van der Waals surface area contributed by atoms with Gasteiger partial charge in [-0.15, -0.1) is 0 Å². The van der Waals surface area contributed by atoms with Gasteiger partial charge in [0.05, 0.1) is 16.2 Å². The van der Waals surface area contributed by atoms with Crippen LogP contribution in [0, 0.1) is 29.6 Å². The van der Waals surface area contributed by atoms with E-state index in [9.17, 15) is 19.6 Å². The summed E-state index contributed by atoms with van der Waals surface area (Å²) in [6.45, 7) is 10.2. The smallest absolute Gasteiger partial charge is 0.249 e. The van der Waals surface area contributed by atoms with Crippen LogP contribution < -0.4 is 16.4 Å². The Morgan fingerprint density at radius 2 is 2.10 bits per heavy atom. The fourth-order valence-electron chi connectivity index (χ4n) is 3.90. The highest BCUT2D eigenvalue weighted by Gasteiger charge is 2.48. The molecule has 0 radical (unpaired) electrons. The summed E-state index contributed by atoms with van der Waals surface area (Å²) >= 11 is 3.40. The number of aryl methyl sites for hydroxylation is 2. The van der Waals surface area contributed by atoms with Crippen molar-refractivity contribution in [2.75, 3.05) is 6.54 Å². The number of hydrogen-bond donors (Lipinski definition) is 3. The number of hydrogen-bond acceptors (Lipinski definition) is 6. The van der Waals surface area contributed by atoms with Gasteiger partial charge in [-0.25, -0.2) is 0 Å². The molecule has 0 unspecified atom stereocenters. The first-order valence-corrected chi connectivity index (χ1v) is 11.2. The van der Waals surface area contributed by atoms with Crippen molar-refractivity contribution in [3.63, 3.8) is 0 Å². The molecule has 1 aliphatic heterocycles. The van der Waals surface area contributed by atoms with Crippen LogP contribution in [0.4, 0.5) is 0 Å². The number of aromatic nitrogens is 2. The number of ketones is 1. The molecule has 0 spiro atoms. The second-order valence-corrected chi connectivity index (χ2v) is 10.1. The van der Waals surface area contributed by atoms with E-state index in [0.717, 1.165) is 0 Å². The van der Waals surface area contributed by atoms with Crippen LogP contribution in [0.5, 0.6) is 0 Å². The van der Waals surface area contributed by atoms with Crippen LogP contribution in [0.3, 0.4) is 0 Å². The summed E-state index contributed by atoms with van der Waals surface area (Å²) in [5.41, 5.74) is 5.02. The lowest BCUT2D eigenvalue weighted by atomic mass is 9.76. The van der Waals surface area contributed by atoms with Crippen molar-refractivity contribution in [1.29, 1.82) is 5.26 Å². The van der Waals surface area contributed by atoms with E-state index in [1.165, 1.54) is 4.68 Å². The monoisotopic (exact) mass is 494 g/mol. The third kappa shape index (κ3) is 5.52. The van der Waals surface area contributed by atoms with Gasteiger partial charge in [0.25, 0.3) is 0 Å². The van der Waals surface area contributed by atoms with E-state index in [1.54, 1.807) is 6.92 Å². The van der Waals surface area contributed by atoms with Crippen LogP contribution in [0.2, 0.25) is 0 Å². The van der Waals surface area contributed by atoms with Crippen molar-refractivity contribution in [3.05, 3.63) is 15.9 Å². The summed E-state index contributed by atoms with van der Waals surface area (Å²) < 4.78 is 2.01. The van der Waals surface area contributed by atoms with Gasteiger partial charge >= 0.3 is 0 Å². The van der Waals surface area contributed by atoms with Gasteiger partial charge in [-0.2, -0.15) is 10.4 Å². The highest BCUT2D eigenvalue weighted by molar-refractivity contribution is 9.10. The molecule has 10 heteroatoms. The Morgan fingerprint density at radius 3 is 2.58 bits per heavy atom. The third-order valence-electron chi connectivity index (χ3n) is 5.33. The molecule has 0 aromatic carbocycles. The second kappa shape index (κ2) is 9.49. The maximum atomic E-state index is 13.6. The molecule has 9 nitrogen and oxygen atoms in total. The Bertz CT molecular complexity index is 913. The van der Waals surface area contributed by atoms with Crippen molar-refractivity contribution in [2.45, 2.75) is 72.0 Å². The van der Waals surface area contributed by atoms with Crippen LogP contribution in [0.1, 0.15) is 63.1 Å². The quantitative estimate of drug-likeness (QED) is 0.371. The molecule has 1 aromatic rings. The van der Waals surface area contributed by atoms with Gasteiger partial charge in [0, 0.05) is 19.0 Å². The topological polar surface area (TPSA) is 143 Å². The zero-order chi connectivity index (χ0) is 23.6. The number of nitrogens with two attached hydrogens (primary N) is 1. The maximum absolute atomic E-state index is 13.6. The number of halogens is 1. The van der Waals surface area contributed by atoms with Crippen molar-refractivity contribution in [2.24, 2.45) is 17.1 Å². The molecule has 4 N–H and O–H groups in total. The number of nitrogens with one attached hydrogen (secondary N) is 2. The predicted octanol–water partition coefficient (Wildman–Crippen LogP) is 1.82. The molecule has 1 fully saturated rings. The van der Waals surface area contributed by atoms with Crippen molar-refractivity contribution in [1.82, 2.24) is 20.4 Å². The summed E-state index contributed by atoms with van der Waals surface area (Å²) in [5, 5.41) is 19.2. The zero-order valence-corrected chi connectivity index (χ0v) is 20.3. The second-order valence-electron chi connectivity index (χ2n) is 9.27. The van der Waals surface area contributed by atoms with Crippen LogP contribution in [0.15, 0.2) is 4.47 Å². The van der Waals surface area contributed by atoms with E-state index < -0.39 is 28.7 Å². The van der Waals surface area contributed by atoms with E-state index in [0.29, 0.717) is 29.7 Å². The molecule has 0 aliphatic carbocycles. The first-order valence-electron chi connectivity index (χ1n) is 10.4. The zero-order valence-electron chi connectivity index (χ0n) is 18.7. The summed E-state index contributed by atoms with van der Waals surface area (Å²) in [4.78, 5) is 38.9. The standard InChI is InChI=1S/C21H31BrN6O3/c1-6-28-16(15(22)12(2)27-28)17(29)21(24,11-20(3,4)5)19(31)26-14(10-23)9-13-7-8-25-18(13)30/h13-14H,6-9,11,24H2,1-5H3,(H,25,30)(H,26,31)/t13-,14-,21+/m0/s1. The van der Waals surface area contributed by atoms with Gasteiger partial charge in [0.2, 0.25) is 17.6 Å². The van der Waals surface area contributed by atoms with Crippen molar-refractivity contribution < 1.29 is 14.4 Å². The molecule has 31 heavy (non-hydrogen) atoms. The fraction of sp³-hybridized carbons (Fsp3) is 0.667. The maximum Gasteiger partial charge on any atom is 0.249 e. The normalized spacial score (nSPS) is 19.3. The number of nitriles is 1. The molecule has 2 rings (SSSR count). The molecule has 170 valence electrons. The Hall–Kier alpha value is -2.25. The summed E-state index contributed by atoms with van der Waals surface area (Å²) in [7, 11) is 0. The number of carbonyl (C=O) groups excluding carboxylic acids is 3. The average molecular weight is 495 g/mol. The van der Waals surface area contributed by atoms with Crippen LogP contribution in [-0.2, 0) is 16.1 Å². The molecule has 3 atom stereocenters. The molecule has 2 amide bonds. The van der Waals surface area contributed by atoms with Crippen LogP contribution in [-0.4, -0.2) is 45.5 Å². The number of carbonyl (C=O) groups is 3. The third-order valence-corrected chi connectivity index (χ3v) is 6.28. The molecule has 1 aromatic heterocycles. The van der Waals surface area contributed by atoms with Crippen molar-refractivity contribution >= 4 is 33.5 Å². The van der Waals surface area contributed by atoms with E-state index in [1.807, 2.05) is 33.8 Å². The van der Waals surface area contributed by atoms with E-state index in [2.05, 4.69) is 31.7 Å². The molecule has 2 heterocycles. The van der Waals surface area contributed by atoms with E-state index >= 15 is 0 Å². The number of nitrogens with zero attached hydrogens (tertiary/aromatic N) is 3.